The predicted octanol–water partition coefficient (Wildman–Crippen LogP) is 1.61. The van der Waals surface area contributed by atoms with E-state index in [2.05, 4.69) is 20.7 Å². The van der Waals surface area contributed by atoms with Gasteiger partial charge in [-0.05, 0) is 37.1 Å². The molecule has 3 rings (SSSR count). The number of nitrogens with one attached hydrogen (secondary N) is 1. The molecule has 2 unspecified atom stereocenters. The summed E-state index contributed by atoms with van der Waals surface area (Å²) in [5.74, 6) is 1.25. The highest BCUT2D eigenvalue weighted by Gasteiger charge is 2.34. The average Bonchev–Trinajstić information content (AvgIpc) is 3.26. The lowest BCUT2D eigenvalue weighted by atomic mass is 10.0. The Morgan fingerprint density at radius 1 is 1.32 bits per heavy atom. The Morgan fingerprint density at radius 3 is 2.76 bits per heavy atom. The fourth-order valence-corrected chi connectivity index (χ4v) is 3.37. The van der Waals surface area contributed by atoms with Gasteiger partial charge in [0.15, 0.2) is 6.04 Å². The lowest BCUT2D eigenvalue weighted by Gasteiger charge is -2.25. The van der Waals surface area contributed by atoms with Crippen LogP contribution in [-0.4, -0.2) is 57.7 Å². The van der Waals surface area contributed by atoms with Crippen LogP contribution in [0.3, 0.4) is 0 Å². The molecule has 1 saturated heterocycles. The normalized spacial score (nSPS) is 18.7. The molecule has 2 atom stereocenters. The van der Waals surface area contributed by atoms with Gasteiger partial charge in [-0.2, -0.15) is 4.80 Å². The summed E-state index contributed by atoms with van der Waals surface area (Å²) in [5.41, 5.74) is 0.902. The van der Waals surface area contributed by atoms with Crippen molar-refractivity contribution in [2.24, 2.45) is 11.8 Å². The predicted molar refractivity (Wildman–Crippen MR) is 95.7 cm³/mol. The van der Waals surface area contributed by atoms with Crippen molar-refractivity contribution in [2.45, 2.75) is 26.3 Å². The highest BCUT2D eigenvalue weighted by atomic mass is 16.2. The van der Waals surface area contributed by atoms with Crippen LogP contribution >= 0.6 is 0 Å². The molecule has 0 radical (unpaired) electrons. The average molecular weight is 342 g/mol. The third kappa shape index (κ3) is 3.87. The number of likely N-dealkylation sites (tertiary alicyclic amines) is 1. The van der Waals surface area contributed by atoms with Crippen molar-refractivity contribution in [1.82, 2.24) is 30.4 Å². The first-order chi connectivity index (χ1) is 12.1. The van der Waals surface area contributed by atoms with Crippen LogP contribution in [-0.2, 0) is 4.79 Å². The van der Waals surface area contributed by atoms with Crippen LogP contribution < -0.4 is 5.32 Å². The minimum Gasteiger partial charge on any atom is -0.340 e. The lowest BCUT2D eigenvalue weighted by Crippen LogP contribution is -2.39. The van der Waals surface area contributed by atoms with E-state index in [1.807, 2.05) is 56.1 Å². The summed E-state index contributed by atoms with van der Waals surface area (Å²) in [6.07, 6.45) is 1.04. The Kier molecular flexibility index (Phi) is 5.43. The number of rotatable bonds is 6. The van der Waals surface area contributed by atoms with Gasteiger partial charge in [-0.15, -0.1) is 10.2 Å². The van der Waals surface area contributed by atoms with E-state index in [1.165, 1.54) is 4.80 Å². The molecule has 7 nitrogen and oxygen atoms in total. The monoisotopic (exact) mass is 342 g/mol. The number of hydrogen-bond acceptors (Lipinski definition) is 5. The number of tetrazole rings is 1. The second-order valence-electron chi connectivity index (χ2n) is 6.98. The molecule has 2 aromatic rings. The van der Waals surface area contributed by atoms with E-state index in [9.17, 15) is 4.79 Å². The minimum atomic E-state index is -0.418. The molecule has 2 heterocycles. The van der Waals surface area contributed by atoms with Crippen molar-refractivity contribution in [1.29, 1.82) is 0 Å². The molecule has 0 spiro atoms. The fraction of sp³-hybridized carbons (Fsp3) is 0.556. The van der Waals surface area contributed by atoms with E-state index in [4.69, 9.17) is 0 Å². The molecule has 0 bridgehead atoms. The van der Waals surface area contributed by atoms with Gasteiger partial charge in [0.1, 0.15) is 0 Å². The molecule has 7 heteroatoms. The van der Waals surface area contributed by atoms with Gasteiger partial charge >= 0.3 is 0 Å². The molecule has 1 aromatic heterocycles. The molecule has 1 aliphatic heterocycles. The molecular formula is C18H26N6O. The topological polar surface area (TPSA) is 75.9 Å². The summed E-state index contributed by atoms with van der Waals surface area (Å²) < 4.78 is 0. The quantitative estimate of drug-likeness (QED) is 0.863. The van der Waals surface area contributed by atoms with Crippen molar-refractivity contribution in [3.05, 3.63) is 30.3 Å². The third-order valence-electron chi connectivity index (χ3n) is 4.68. The fourth-order valence-electron chi connectivity index (χ4n) is 3.37. The van der Waals surface area contributed by atoms with Crippen molar-refractivity contribution in [2.75, 3.05) is 26.7 Å². The number of aromatic nitrogens is 4. The maximum Gasteiger partial charge on any atom is 0.249 e. The first-order valence-electron chi connectivity index (χ1n) is 8.88. The zero-order valence-electron chi connectivity index (χ0n) is 15.1. The van der Waals surface area contributed by atoms with Gasteiger partial charge in [-0.25, -0.2) is 0 Å². The van der Waals surface area contributed by atoms with Crippen LogP contribution in [0.4, 0.5) is 0 Å². The SMILES string of the molecule is CNCC1CCN(C(=O)C(C(C)C)n2nnc(-c3ccccc3)n2)C1. The number of nitrogens with zero attached hydrogens (tertiary/aromatic N) is 5. The van der Waals surface area contributed by atoms with Crippen LogP contribution in [0.1, 0.15) is 26.3 Å². The van der Waals surface area contributed by atoms with Crippen LogP contribution in [0.5, 0.6) is 0 Å². The molecule has 134 valence electrons. The molecule has 1 aromatic carbocycles. The Bertz CT molecular complexity index is 699. The summed E-state index contributed by atoms with van der Waals surface area (Å²) in [7, 11) is 1.95. The molecule has 25 heavy (non-hydrogen) atoms. The maximum absolute atomic E-state index is 13.1. The Morgan fingerprint density at radius 2 is 2.08 bits per heavy atom. The number of amides is 1. The maximum atomic E-state index is 13.1. The van der Waals surface area contributed by atoms with Crippen LogP contribution in [0, 0.1) is 11.8 Å². The van der Waals surface area contributed by atoms with Crippen LogP contribution in [0.15, 0.2) is 30.3 Å². The summed E-state index contributed by atoms with van der Waals surface area (Å²) in [4.78, 5) is 16.5. The summed E-state index contributed by atoms with van der Waals surface area (Å²) in [6.45, 7) is 6.58. The number of benzene rings is 1. The lowest BCUT2D eigenvalue weighted by molar-refractivity contribution is -0.136. The third-order valence-corrected chi connectivity index (χ3v) is 4.68. The number of hydrogen-bond donors (Lipinski definition) is 1. The van der Waals surface area contributed by atoms with Gasteiger partial charge < -0.3 is 10.2 Å². The second kappa shape index (κ2) is 7.74. The zero-order valence-corrected chi connectivity index (χ0v) is 15.1. The first-order valence-corrected chi connectivity index (χ1v) is 8.88. The van der Waals surface area contributed by atoms with E-state index < -0.39 is 6.04 Å². The zero-order chi connectivity index (χ0) is 17.8. The summed E-state index contributed by atoms with van der Waals surface area (Å²) in [6, 6.07) is 9.29. The van der Waals surface area contributed by atoms with Crippen molar-refractivity contribution >= 4 is 5.91 Å². The standard InChI is InChI=1S/C18H26N6O/c1-13(2)16(18(25)23-10-9-14(12-23)11-19-3)24-21-17(20-22-24)15-7-5-4-6-8-15/h4-8,13-14,16,19H,9-12H2,1-3H3. The highest BCUT2D eigenvalue weighted by Crippen LogP contribution is 2.24. The van der Waals surface area contributed by atoms with Crippen LogP contribution in [0.2, 0.25) is 0 Å². The molecule has 0 saturated carbocycles. The molecule has 1 N–H and O–H groups in total. The van der Waals surface area contributed by atoms with Gasteiger partial charge in [-0.3, -0.25) is 4.79 Å². The molecule has 0 aliphatic carbocycles. The Labute approximate surface area is 148 Å². The minimum absolute atomic E-state index is 0.0885. The molecule has 1 aliphatic rings. The van der Waals surface area contributed by atoms with E-state index in [0.29, 0.717) is 11.7 Å². The van der Waals surface area contributed by atoms with Crippen molar-refractivity contribution < 1.29 is 4.79 Å². The van der Waals surface area contributed by atoms with Gasteiger partial charge in [-0.1, -0.05) is 44.2 Å². The Hall–Kier alpha value is -2.28. The summed E-state index contributed by atoms with van der Waals surface area (Å²) >= 11 is 0. The summed E-state index contributed by atoms with van der Waals surface area (Å²) in [5, 5.41) is 16.0. The van der Waals surface area contributed by atoms with E-state index in [0.717, 1.165) is 31.6 Å². The highest BCUT2D eigenvalue weighted by molar-refractivity contribution is 5.80. The van der Waals surface area contributed by atoms with Gasteiger partial charge in [0, 0.05) is 18.7 Å². The van der Waals surface area contributed by atoms with Crippen LogP contribution in [0.25, 0.3) is 11.4 Å². The molecule has 1 fully saturated rings. The smallest absolute Gasteiger partial charge is 0.249 e. The van der Waals surface area contributed by atoms with E-state index >= 15 is 0 Å². The number of carbonyl (C=O) groups excluding carboxylic acids is 1. The van der Waals surface area contributed by atoms with Gasteiger partial charge in [0.2, 0.25) is 11.7 Å². The van der Waals surface area contributed by atoms with E-state index in [-0.39, 0.29) is 11.8 Å². The largest absolute Gasteiger partial charge is 0.340 e. The van der Waals surface area contributed by atoms with E-state index in [1.54, 1.807) is 0 Å². The Balaban J connectivity index is 1.78. The molecular weight excluding hydrogens is 316 g/mol. The van der Waals surface area contributed by atoms with Gasteiger partial charge in [0.05, 0.1) is 0 Å². The van der Waals surface area contributed by atoms with Crippen molar-refractivity contribution in [3.8, 4) is 11.4 Å². The second-order valence-corrected chi connectivity index (χ2v) is 6.98. The van der Waals surface area contributed by atoms with Gasteiger partial charge in [0.25, 0.3) is 0 Å². The number of carbonyl (C=O) groups is 1. The first kappa shape index (κ1) is 17.5. The van der Waals surface area contributed by atoms with Crippen molar-refractivity contribution in [3.63, 3.8) is 0 Å². The molecule has 1 amide bonds.